The Bertz CT molecular complexity index is 725. The summed E-state index contributed by atoms with van der Waals surface area (Å²) in [4.78, 5) is 0. The third-order valence-corrected chi connectivity index (χ3v) is 4.56. The smallest absolute Gasteiger partial charge is 0.399 e. The van der Waals surface area contributed by atoms with Gasteiger partial charge in [0.05, 0.1) is 22.8 Å². The summed E-state index contributed by atoms with van der Waals surface area (Å²) in [5.41, 5.74) is 0.796. The molecule has 0 saturated carbocycles. The number of nitriles is 1. The molecular weight excluding hydrogens is 261 g/mol. The Morgan fingerprint density at radius 2 is 1.52 bits per heavy atom. The summed E-state index contributed by atoms with van der Waals surface area (Å²) >= 11 is 0. The van der Waals surface area contributed by atoms with Crippen LogP contribution in [0.1, 0.15) is 33.3 Å². The van der Waals surface area contributed by atoms with E-state index in [0.717, 1.165) is 16.2 Å². The van der Waals surface area contributed by atoms with Gasteiger partial charge in [0, 0.05) is 0 Å². The molecule has 2 aromatic carbocycles. The topological polar surface area (TPSA) is 42.2 Å². The van der Waals surface area contributed by atoms with Crippen LogP contribution in [0.4, 0.5) is 0 Å². The van der Waals surface area contributed by atoms with Crippen LogP contribution in [0.25, 0.3) is 10.8 Å². The molecule has 0 aliphatic carbocycles. The quantitative estimate of drug-likeness (QED) is 0.753. The largest absolute Gasteiger partial charge is 0.495 e. The van der Waals surface area contributed by atoms with Crippen LogP contribution in [0, 0.1) is 11.3 Å². The number of benzene rings is 2. The summed E-state index contributed by atoms with van der Waals surface area (Å²) in [6.07, 6.45) is 0. The van der Waals surface area contributed by atoms with E-state index in [2.05, 4.69) is 6.07 Å². The van der Waals surface area contributed by atoms with Gasteiger partial charge in [-0.25, -0.2) is 0 Å². The highest BCUT2D eigenvalue weighted by atomic mass is 16.7. The lowest BCUT2D eigenvalue weighted by Crippen LogP contribution is -2.41. The maximum absolute atomic E-state index is 9.38. The summed E-state index contributed by atoms with van der Waals surface area (Å²) in [6, 6.07) is 14.0. The van der Waals surface area contributed by atoms with Crippen LogP contribution in [-0.4, -0.2) is 18.3 Å². The maximum atomic E-state index is 9.38. The predicted molar refractivity (Wildman–Crippen MR) is 84.4 cm³/mol. The van der Waals surface area contributed by atoms with Crippen LogP contribution in [0.15, 0.2) is 36.4 Å². The van der Waals surface area contributed by atoms with Crippen molar-refractivity contribution >= 4 is 23.4 Å². The molecule has 1 aliphatic heterocycles. The fourth-order valence-electron chi connectivity index (χ4n) is 2.63. The van der Waals surface area contributed by atoms with Crippen molar-refractivity contribution in [3.8, 4) is 6.07 Å². The lowest BCUT2D eigenvalue weighted by atomic mass is 9.75. The van der Waals surface area contributed by atoms with Gasteiger partial charge in [-0.3, -0.25) is 0 Å². The molecule has 0 amide bonds. The van der Waals surface area contributed by atoms with Gasteiger partial charge in [-0.05, 0) is 50.0 Å². The van der Waals surface area contributed by atoms with Gasteiger partial charge in [0.1, 0.15) is 0 Å². The van der Waals surface area contributed by atoms with E-state index in [9.17, 15) is 5.26 Å². The van der Waals surface area contributed by atoms with Gasteiger partial charge in [-0.15, -0.1) is 0 Å². The molecule has 0 N–H and O–H groups in total. The van der Waals surface area contributed by atoms with Crippen molar-refractivity contribution in [3.05, 3.63) is 42.0 Å². The van der Waals surface area contributed by atoms with Crippen molar-refractivity contribution in [1.29, 1.82) is 5.26 Å². The van der Waals surface area contributed by atoms with E-state index in [1.54, 1.807) is 0 Å². The fourth-order valence-corrected chi connectivity index (χ4v) is 2.63. The van der Waals surface area contributed by atoms with Crippen LogP contribution < -0.4 is 5.46 Å². The average Bonchev–Trinajstić information content (AvgIpc) is 2.66. The number of nitrogens with zero attached hydrogens (tertiary/aromatic N) is 1. The molecule has 1 saturated heterocycles. The van der Waals surface area contributed by atoms with E-state index in [-0.39, 0.29) is 11.2 Å². The Labute approximate surface area is 125 Å². The van der Waals surface area contributed by atoms with Gasteiger partial charge in [0.15, 0.2) is 0 Å². The van der Waals surface area contributed by atoms with Crippen molar-refractivity contribution in [2.75, 3.05) is 0 Å². The first kappa shape index (κ1) is 14.1. The highest BCUT2D eigenvalue weighted by Gasteiger charge is 2.52. The van der Waals surface area contributed by atoms with Crippen LogP contribution in [-0.2, 0) is 9.31 Å². The van der Waals surface area contributed by atoms with Gasteiger partial charge >= 0.3 is 7.12 Å². The van der Waals surface area contributed by atoms with Crippen molar-refractivity contribution in [2.45, 2.75) is 38.9 Å². The lowest BCUT2D eigenvalue weighted by Gasteiger charge is -2.32. The summed E-state index contributed by atoms with van der Waals surface area (Å²) in [7, 11) is -0.451. The molecule has 0 aromatic heterocycles. The van der Waals surface area contributed by atoms with Gasteiger partial charge in [-0.1, -0.05) is 30.3 Å². The van der Waals surface area contributed by atoms with Crippen LogP contribution in [0.3, 0.4) is 0 Å². The summed E-state index contributed by atoms with van der Waals surface area (Å²) < 4.78 is 12.3. The molecule has 0 atom stereocenters. The second-order valence-corrected chi connectivity index (χ2v) is 6.45. The molecule has 2 aromatic rings. The normalized spacial score (nSPS) is 19.7. The number of hydrogen-bond acceptors (Lipinski definition) is 3. The molecule has 0 bridgehead atoms. The van der Waals surface area contributed by atoms with Crippen molar-refractivity contribution in [2.24, 2.45) is 0 Å². The van der Waals surface area contributed by atoms with E-state index in [0.29, 0.717) is 5.56 Å². The molecule has 0 radical (unpaired) electrons. The van der Waals surface area contributed by atoms with Crippen LogP contribution in [0.2, 0.25) is 0 Å². The first-order valence-corrected chi connectivity index (χ1v) is 7.13. The van der Waals surface area contributed by atoms with E-state index < -0.39 is 7.12 Å². The molecule has 106 valence electrons. The van der Waals surface area contributed by atoms with Gasteiger partial charge < -0.3 is 9.31 Å². The van der Waals surface area contributed by atoms with E-state index >= 15 is 0 Å². The molecule has 0 spiro atoms. The molecule has 0 unspecified atom stereocenters. The van der Waals surface area contributed by atoms with E-state index in [4.69, 9.17) is 9.31 Å². The highest BCUT2D eigenvalue weighted by Crippen LogP contribution is 2.37. The van der Waals surface area contributed by atoms with Crippen molar-refractivity contribution < 1.29 is 9.31 Å². The van der Waals surface area contributed by atoms with Crippen LogP contribution >= 0.6 is 0 Å². The first-order valence-electron chi connectivity index (χ1n) is 7.13. The molecule has 1 aliphatic rings. The third kappa shape index (κ3) is 2.14. The summed E-state index contributed by atoms with van der Waals surface area (Å²) in [5, 5.41) is 11.3. The molecule has 3 nitrogen and oxygen atoms in total. The molecular formula is C17H18BNO2. The molecule has 3 rings (SSSR count). The molecule has 4 heteroatoms. The first-order chi connectivity index (χ1) is 9.86. The molecule has 1 fully saturated rings. The third-order valence-electron chi connectivity index (χ3n) is 4.56. The second-order valence-electron chi connectivity index (χ2n) is 6.45. The Balaban J connectivity index is 2.17. The van der Waals surface area contributed by atoms with Gasteiger partial charge in [0.2, 0.25) is 0 Å². The molecule has 21 heavy (non-hydrogen) atoms. The Morgan fingerprint density at radius 1 is 0.952 bits per heavy atom. The monoisotopic (exact) mass is 279 g/mol. The van der Waals surface area contributed by atoms with Crippen molar-refractivity contribution in [1.82, 2.24) is 0 Å². The average molecular weight is 279 g/mol. The Morgan fingerprint density at radius 3 is 2.10 bits per heavy atom. The summed E-state index contributed by atoms with van der Waals surface area (Å²) in [6.45, 7) is 8.12. The number of rotatable bonds is 1. The lowest BCUT2D eigenvalue weighted by molar-refractivity contribution is 0.00578. The minimum Gasteiger partial charge on any atom is -0.399 e. The number of fused-ring (bicyclic) bond motifs is 1. The zero-order valence-electron chi connectivity index (χ0n) is 12.8. The van der Waals surface area contributed by atoms with Crippen LogP contribution in [0.5, 0.6) is 0 Å². The Hall–Kier alpha value is -1.83. The number of hydrogen-bond donors (Lipinski definition) is 0. The van der Waals surface area contributed by atoms with E-state index in [1.807, 2.05) is 64.1 Å². The SMILES string of the molecule is CC1(C)OB(c2cccc3cccc(C#N)c23)OC1(C)C. The fraction of sp³-hybridized carbons (Fsp3) is 0.353. The zero-order valence-corrected chi connectivity index (χ0v) is 12.8. The summed E-state index contributed by atoms with van der Waals surface area (Å²) in [5.74, 6) is 0. The minimum absolute atomic E-state index is 0.387. The highest BCUT2D eigenvalue weighted by molar-refractivity contribution is 6.65. The predicted octanol–water partition coefficient (Wildman–Crippen LogP) is 3.01. The standard InChI is InChI=1S/C17H18BNO2/c1-16(2)17(3,4)21-18(20-16)14-10-6-8-12-7-5-9-13(11-19)15(12)14/h5-10H,1-4H3. The maximum Gasteiger partial charge on any atom is 0.495 e. The Kier molecular flexibility index (Phi) is 3.09. The van der Waals surface area contributed by atoms with Crippen molar-refractivity contribution in [3.63, 3.8) is 0 Å². The van der Waals surface area contributed by atoms with Gasteiger partial charge in [0.25, 0.3) is 0 Å². The second kappa shape index (κ2) is 4.59. The zero-order chi connectivity index (χ0) is 15.3. The minimum atomic E-state index is -0.451. The van der Waals surface area contributed by atoms with Gasteiger partial charge in [-0.2, -0.15) is 5.26 Å². The van der Waals surface area contributed by atoms with E-state index in [1.165, 1.54) is 0 Å². The molecule has 1 heterocycles.